The molecule has 0 fully saturated rings. The maximum atomic E-state index is 13.4. The number of carbonyl (C=O) groups is 1. The number of Topliss-reactive ketones (excluding diaryl/α,β-unsaturated/α-hetero) is 1. The van der Waals surface area contributed by atoms with E-state index >= 15 is 0 Å². The van der Waals surface area contributed by atoms with E-state index in [-0.39, 0.29) is 12.8 Å². The van der Waals surface area contributed by atoms with Crippen LogP contribution in [0.5, 0.6) is 0 Å². The first-order chi connectivity index (χ1) is 9.32. The third kappa shape index (κ3) is 4.85. The first-order valence-electron chi connectivity index (χ1n) is 5.80. The summed E-state index contributed by atoms with van der Waals surface area (Å²) >= 11 is 7.32. The number of thiol groups is 1. The Bertz CT molecular complexity index is 540. The van der Waals surface area contributed by atoms with Crippen LogP contribution < -0.4 is 5.73 Å². The lowest BCUT2D eigenvalue weighted by Crippen LogP contribution is -2.22. The lowest BCUT2D eigenvalue weighted by atomic mass is 10.0. The molecule has 2 N–H and O–H groups in total. The highest BCUT2D eigenvalue weighted by Gasteiger charge is 2.18. The Hall–Kier alpha value is -0.980. The molecule has 0 radical (unpaired) electrons. The summed E-state index contributed by atoms with van der Waals surface area (Å²) in [6, 6.07) is 2.82. The highest BCUT2D eigenvalue weighted by atomic mass is 79.9. The SMILES string of the molecule is C=C(Br)/C=C(\S)C(N)CCC(=O)c1c(F)cccc1F. The van der Waals surface area contributed by atoms with E-state index in [9.17, 15) is 13.6 Å². The summed E-state index contributed by atoms with van der Waals surface area (Å²) in [6.07, 6.45) is 1.79. The van der Waals surface area contributed by atoms with Crippen molar-refractivity contribution < 1.29 is 13.6 Å². The van der Waals surface area contributed by atoms with Gasteiger partial charge in [0.1, 0.15) is 11.6 Å². The van der Waals surface area contributed by atoms with Crippen molar-refractivity contribution in [1.82, 2.24) is 0 Å². The number of carbonyl (C=O) groups excluding carboxylic acids is 1. The Morgan fingerprint density at radius 1 is 1.45 bits per heavy atom. The van der Waals surface area contributed by atoms with Crippen molar-refractivity contribution in [3.63, 3.8) is 0 Å². The molecule has 0 aliphatic heterocycles. The maximum absolute atomic E-state index is 13.4. The number of halogens is 3. The molecular formula is C14H14BrF2NOS. The van der Waals surface area contributed by atoms with Gasteiger partial charge in [0.2, 0.25) is 0 Å². The predicted molar refractivity (Wildman–Crippen MR) is 83.0 cm³/mol. The van der Waals surface area contributed by atoms with Crippen LogP contribution in [0.15, 0.2) is 40.2 Å². The number of allylic oxidation sites excluding steroid dienone is 2. The highest BCUT2D eigenvalue weighted by molar-refractivity contribution is 9.11. The molecule has 0 bridgehead atoms. The van der Waals surface area contributed by atoms with Crippen LogP contribution in [0.1, 0.15) is 23.2 Å². The average Bonchev–Trinajstić information content (AvgIpc) is 2.34. The van der Waals surface area contributed by atoms with Crippen LogP contribution in [0.2, 0.25) is 0 Å². The molecule has 0 saturated carbocycles. The van der Waals surface area contributed by atoms with Gasteiger partial charge in [0, 0.05) is 16.9 Å². The second kappa shape index (κ2) is 7.71. The zero-order valence-electron chi connectivity index (χ0n) is 10.6. The van der Waals surface area contributed by atoms with Crippen molar-refractivity contribution in [3.8, 4) is 0 Å². The fourth-order valence-corrected chi connectivity index (χ4v) is 2.30. The van der Waals surface area contributed by atoms with Crippen molar-refractivity contribution in [2.24, 2.45) is 5.73 Å². The fraction of sp³-hybridized carbons (Fsp3) is 0.214. The van der Waals surface area contributed by atoms with E-state index in [4.69, 9.17) is 5.73 Å². The van der Waals surface area contributed by atoms with Gasteiger partial charge in [0.25, 0.3) is 0 Å². The summed E-state index contributed by atoms with van der Waals surface area (Å²) in [6.45, 7) is 3.61. The topological polar surface area (TPSA) is 43.1 Å². The van der Waals surface area contributed by atoms with Crippen molar-refractivity contribution in [3.05, 3.63) is 57.4 Å². The number of rotatable bonds is 6. The van der Waals surface area contributed by atoms with Crippen molar-refractivity contribution in [2.45, 2.75) is 18.9 Å². The molecule has 0 aliphatic rings. The first-order valence-corrected chi connectivity index (χ1v) is 7.04. The molecule has 108 valence electrons. The molecule has 2 nitrogen and oxygen atoms in total. The van der Waals surface area contributed by atoms with Crippen LogP contribution in [-0.2, 0) is 0 Å². The highest BCUT2D eigenvalue weighted by Crippen LogP contribution is 2.19. The van der Waals surface area contributed by atoms with Gasteiger partial charge in [-0.25, -0.2) is 8.78 Å². The largest absolute Gasteiger partial charge is 0.324 e. The van der Waals surface area contributed by atoms with Crippen molar-refractivity contribution in [1.29, 1.82) is 0 Å². The molecular weight excluding hydrogens is 348 g/mol. The third-order valence-electron chi connectivity index (χ3n) is 2.61. The van der Waals surface area contributed by atoms with Crippen LogP contribution >= 0.6 is 28.6 Å². The van der Waals surface area contributed by atoms with Crippen LogP contribution in [0.4, 0.5) is 8.78 Å². The predicted octanol–water partition coefficient (Wildman–Crippen LogP) is 3.98. The second-order valence-electron chi connectivity index (χ2n) is 4.18. The van der Waals surface area contributed by atoms with E-state index in [0.29, 0.717) is 9.39 Å². The molecule has 0 spiro atoms. The first kappa shape index (κ1) is 17.1. The molecule has 1 unspecified atom stereocenters. The molecule has 0 aliphatic carbocycles. The number of benzene rings is 1. The Morgan fingerprint density at radius 2 is 2.00 bits per heavy atom. The van der Waals surface area contributed by atoms with Crippen molar-refractivity contribution in [2.75, 3.05) is 0 Å². The summed E-state index contributed by atoms with van der Waals surface area (Å²) < 4.78 is 27.4. The van der Waals surface area contributed by atoms with Crippen LogP contribution in [-0.4, -0.2) is 11.8 Å². The van der Waals surface area contributed by atoms with Gasteiger partial charge in [-0.3, -0.25) is 4.79 Å². The van der Waals surface area contributed by atoms with Gasteiger partial charge in [0.15, 0.2) is 5.78 Å². The van der Waals surface area contributed by atoms with Gasteiger partial charge < -0.3 is 5.73 Å². The molecule has 0 saturated heterocycles. The molecule has 6 heteroatoms. The van der Waals surface area contributed by atoms with Gasteiger partial charge in [0.05, 0.1) is 5.56 Å². The Balaban J connectivity index is 2.71. The minimum Gasteiger partial charge on any atom is -0.324 e. The summed E-state index contributed by atoms with van der Waals surface area (Å²) in [5.74, 6) is -2.34. The Morgan fingerprint density at radius 3 is 2.50 bits per heavy atom. The number of hydrogen-bond acceptors (Lipinski definition) is 3. The van der Waals surface area contributed by atoms with Gasteiger partial charge in [-0.15, -0.1) is 12.6 Å². The quantitative estimate of drug-likeness (QED) is 0.457. The van der Waals surface area contributed by atoms with Crippen molar-refractivity contribution >= 4 is 34.3 Å². The molecule has 0 heterocycles. The molecule has 1 aromatic rings. The molecule has 0 amide bonds. The summed E-state index contributed by atoms with van der Waals surface area (Å²) in [4.78, 5) is 12.4. The van der Waals surface area contributed by atoms with Crippen LogP contribution in [0, 0.1) is 11.6 Å². The van der Waals surface area contributed by atoms with E-state index in [1.165, 1.54) is 6.07 Å². The van der Waals surface area contributed by atoms with Gasteiger partial charge in [-0.1, -0.05) is 28.6 Å². The Kier molecular flexibility index (Phi) is 6.58. The summed E-state index contributed by atoms with van der Waals surface area (Å²) in [5.41, 5.74) is 5.30. The zero-order valence-corrected chi connectivity index (χ0v) is 13.1. The molecule has 1 aromatic carbocycles. The van der Waals surface area contributed by atoms with E-state index in [1.807, 2.05) is 0 Å². The zero-order chi connectivity index (χ0) is 15.3. The minimum absolute atomic E-state index is 0.0638. The van der Waals surface area contributed by atoms with Gasteiger partial charge in [-0.2, -0.15) is 0 Å². The monoisotopic (exact) mass is 361 g/mol. The Labute approximate surface area is 130 Å². The lowest BCUT2D eigenvalue weighted by molar-refractivity contribution is 0.0970. The van der Waals surface area contributed by atoms with E-state index in [0.717, 1.165) is 12.1 Å². The smallest absolute Gasteiger partial charge is 0.168 e. The molecule has 20 heavy (non-hydrogen) atoms. The van der Waals surface area contributed by atoms with E-state index < -0.39 is 29.0 Å². The fourth-order valence-electron chi connectivity index (χ4n) is 1.59. The molecule has 0 aromatic heterocycles. The molecule has 1 atom stereocenters. The second-order valence-corrected chi connectivity index (χ2v) is 5.72. The molecule has 1 rings (SSSR count). The number of nitrogens with two attached hydrogens (primary N) is 1. The summed E-state index contributed by atoms with van der Waals surface area (Å²) in [5, 5.41) is 0. The van der Waals surface area contributed by atoms with Gasteiger partial charge in [-0.05, 0) is 29.5 Å². The van der Waals surface area contributed by atoms with E-state index in [2.05, 4.69) is 35.1 Å². The van der Waals surface area contributed by atoms with E-state index in [1.54, 1.807) is 6.08 Å². The summed E-state index contributed by atoms with van der Waals surface area (Å²) in [7, 11) is 0. The minimum atomic E-state index is -0.862. The van der Waals surface area contributed by atoms with Crippen LogP contribution in [0.25, 0.3) is 0 Å². The number of ketones is 1. The normalized spacial score (nSPS) is 13.2. The number of hydrogen-bond donors (Lipinski definition) is 2. The van der Waals surface area contributed by atoms with Crippen LogP contribution in [0.3, 0.4) is 0 Å². The average molecular weight is 362 g/mol. The lowest BCUT2D eigenvalue weighted by Gasteiger charge is -2.11. The standard InChI is InChI=1S/C14H14BrF2NOS/c1-8(15)7-13(20)11(18)5-6-12(19)14-9(16)3-2-4-10(14)17/h2-4,7,11,20H,1,5-6,18H2/b13-7-. The maximum Gasteiger partial charge on any atom is 0.168 e. The van der Waals surface area contributed by atoms with Gasteiger partial charge >= 0.3 is 0 Å². The third-order valence-corrected chi connectivity index (χ3v) is 3.30.